The summed E-state index contributed by atoms with van der Waals surface area (Å²) in [6.45, 7) is 0.141. The maximum atomic E-state index is 11.5. The Morgan fingerprint density at radius 1 is 1.35 bits per heavy atom. The summed E-state index contributed by atoms with van der Waals surface area (Å²) in [5.41, 5.74) is 0.295. The van der Waals surface area contributed by atoms with E-state index in [0.29, 0.717) is 5.52 Å². The van der Waals surface area contributed by atoms with E-state index in [0.717, 1.165) is 5.39 Å². The Labute approximate surface area is 114 Å². The van der Waals surface area contributed by atoms with Crippen molar-refractivity contribution in [1.29, 1.82) is 0 Å². The van der Waals surface area contributed by atoms with Crippen molar-refractivity contribution in [3.05, 3.63) is 40.9 Å². The molecule has 1 aromatic heterocycles. The molecule has 0 bridgehead atoms. The molecule has 17 heavy (non-hydrogen) atoms. The third-order valence-corrected chi connectivity index (χ3v) is 2.32. The molecule has 0 saturated heterocycles. The van der Waals surface area contributed by atoms with Crippen molar-refractivity contribution in [1.82, 2.24) is 9.55 Å². The number of aromatic nitrogens is 2. The lowest BCUT2D eigenvalue weighted by molar-refractivity contribution is -0.137. The van der Waals surface area contributed by atoms with Gasteiger partial charge in [0, 0.05) is 18.1 Å². The summed E-state index contributed by atoms with van der Waals surface area (Å²) in [5, 5.41) is 9.43. The zero-order valence-electron chi connectivity index (χ0n) is 8.87. The molecule has 6 heteroatoms. The Hall–Kier alpha value is -1.44. The number of carboxylic acids is 1. The first-order valence-corrected chi connectivity index (χ1v) is 4.85. The fourth-order valence-electron chi connectivity index (χ4n) is 1.56. The molecule has 2 rings (SSSR count). The second-order valence-corrected chi connectivity index (χ2v) is 3.39. The zero-order valence-corrected chi connectivity index (χ0v) is 11.2. The van der Waals surface area contributed by atoms with Gasteiger partial charge in [-0.25, -0.2) is 9.78 Å². The van der Waals surface area contributed by atoms with Crippen molar-refractivity contribution in [2.24, 2.45) is 0 Å². The smallest absolute Gasteiger partial charge is 0.348 e. The minimum absolute atomic E-state index is 0. The molecule has 0 spiro atoms. The molecular formula is C11H11IN2O3. The van der Waals surface area contributed by atoms with Gasteiger partial charge in [-0.3, -0.25) is 9.36 Å². The Balaban J connectivity index is 0.00000144. The molecule has 1 N–H and O–H groups in total. The number of benzene rings is 1. The van der Waals surface area contributed by atoms with Crippen molar-refractivity contribution in [3.63, 3.8) is 0 Å². The van der Waals surface area contributed by atoms with Gasteiger partial charge >= 0.3 is 11.7 Å². The summed E-state index contributed by atoms with van der Waals surface area (Å²) in [7, 11) is 0. The van der Waals surface area contributed by atoms with E-state index in [4.69, 9.17) is 5.11 Å². The fourth-order valence-corrected chi connectivity index (χ4v) is 1.56. The molecule has 0 aliphatic carbocycles. The van der Waals surface area contributed by atoms with Crippen molar-refractivity contribution in [2.75, 3.05) is 0 Å². The van der Waals surface area contributed by atoms with E-state index in [1.807, 2.05) is 12.1 Å². The van der Waals surface area contributed by atoms with Gasteiger partial charge < -0.3 is 5.11 Å². The van der Waals surface area contributed by atoms with Crippen LogP contribution in [0.5, 0.6) is 0 Å². The minimum atomic E-state index is -0.931. The van der Waals surface area contributed by atoms with Crippen LogP contribution in [0.15, 0.2) is 35.3 Å². The normalized spacial score (nSPS) is 9.88. The molecule has 2 aromatic rings. The van der Waals surface area contributed by atoms with E-state index < -0.39 is 11.7 Å². The van der Waals surface area contributed by atoms with Crippen molar-refractivity contribution in [3.8, 4) is 0 Å². The van der Waals surface area contributed by atoms with Gasteiger partial charge in [-0.05, 0) is 6.07 Å². The molecule has 0 atom stereocenters. The molecule has 0 radical (unpaired) electrons. The Morgan fingerprint density at radius 3 is 2.76 bits per heavy atom. The summed E-state index contributed by atoms with van der Waals surface area (Å²) in [6, 6.07) is 7.26. The average Bonchev–Trinajstić information content (AvgIpc) is 2.27. The molecule has 0 saturated carbocycles. The number of hydrogen-bond donors (Lipinski definition) is 1. The minimum Gasteiger partial charge on any atom is -0.481 e. The summed E-state index contributed by atoms with van der Waals surface area (Å²) in [6.07, 6.45) is 1.41. The lowest BCUT2D eigenvalue weighted by Crippen LogP contribution is -2.24. The molecule has 5 nitrogen and oxygen atoms in total. The molecule has 0 aliphatic rings. The number of para-hydroxylation sites is 1. The van der Waals surface area contributed by atoms with Crippen LogP contribution in [0.3, 0.4) is 0 Å². The van der Waals surface area contributed by atoms with Gasteiger partial charge in [-0.1, -0.05) is 18.2 Å². The summed E-state index contributed by atoms with van der Waals surface area (Å²) in [5.74, 6) is -0.931. The van der Waals surface area contributed by atoms with Crippen LogP contribution in [0.2, 0.25) is 0 Å². The number of carboxylic acid groups (broad SMARTS) is 1. The Bertz CT molecular complexity index is 595. The molecular weight excluding hydrogens is 335 g/mol. The third-order valence-electron chi connectivity index (χ3n) is 2.32. The van der Waals surface area contributed by atoms with Gasteiger partial charge in [0.05, 0.1) is 11.9 Å². The van der Waals surface area contributed by atoms with Crippen molar-refractivity contribution in [2.45, 2.75) is 13.0 Å². The number of fused-ring (bicyclic) bond motifs is 1. The SMILES string of the molecule is I.O=C(O)CCn1c(=O)ncc2ccccc21. The van der Waals surface area contributed by atoms with Gasteiger partial charge in [0.25, 0.3) is 0 Å². The van der Waals surface area contributed by atoms with Crippen LogP contribution in [0, 0.1) is 0 Å². The number of nitrogens with zero attached hydrogens (tertiary/aromatic N) is 2. The van der Waals surface area contributed by atoms with Crippen LogP contribution >= 0.6 is 24.0 Å². The third kappa shape index (κ3) is 3.02. The highest BCUT2D eigenvalue weighted by molar-refractivity contribution is 14.0. The zero-order chi connectivity index (χ0) is 11.5. The Morgan fingerprint density at radius 2 is 2.06 bits per heavy atom. The topological polar surface area (TPSA) is 72.2 Å². The highest BCUT2D eigenvalue weighted by Crippen LogP contribution is 2.09. The van der Waals surface area contributed by atoms with Crippen LogP contribution in [-0.4, -0.2) is 20.6 Å². The largest absolute Gasteiger partial charge is 0.481 e. The summed E-state index contributed by atoms with van der Waals surface area (Å²) in [4.78, 5) is 25.7. The number of aliphatic carboxylic acids is 1. The first kappa shape index (κ1) is 13.6. The molecule has 90 valence electrons. The predicted octanol–water partition coefficient (Wildman–Crippen LogP) is 1.49. The van der Waals surface area contributed by atoms with E-state index in [2.05, 4.69) is 4.98 Å². The lowest BCUT2D eigenvalue weighted by atomic mass is 10.2. The predicted molar refractivity (Wildman–Crippen MR) is 73.7 cm³/mol. The molecule has 0 fully saturated rings. The summed E-state index contributed by atoms with van der Waals surface area (Å²) >= 11 is 0. The van der Waals surface area contributed by atoms with E-state index in [-0.39, 0.29) is 36.9 Å². The highest BCUT2D eigenvalue weighted by Gasteiger charge is 2.05. The van der Waals surface area contributed by atoms with Crippen LogP contribution < -0.4 is 5.69 Å². The van der Waals surface area contributed by atoms with Gasteiger partial charge in [0.1, 0.15) is 0 Å². The first-order valence-electron chi connectivity index (χ1n) is 4.85. The van der Waals surface area contributed by atoms with Crippen LogP contribution in [0.1, 0.15) is 6.42 Å². The monoisotopic (exact) mass is 346 g/mol. The van der Waals surface area contributed by atoms with Crippen LogP contribution in [0.4, 0.5) is 0 Å². The quantitative estimate of drug-likeness (QED) is 0.855. The molecule has 0 amide bonds. The van der Waals surface area contributed by atoms with E-state index in [1.54, 1.807) is 12.1 Å². The molecule has 0 aliphatic heterocycles. The standard InChI is InChI=1S/C11H10N2O3.HI/c14-10(15)5-6-13-9-4-2-1-3-8(9)7-12-11(13)16;/h1-4,7H,5-6H2,(H,14,15);1H. The lowest BCUT2D eigenvalue weighted by Gasteiger charge is -2.06. The number of aryl methyl sites for hydroxylation is 1. The molecule has 1 heterocycles. The summed E-state index contributed by atoms with van der Waals surface area (Å²) < 4.78 is 1.38. The maximum absolute atomic E-state index is 11.5. The van der Waals surface area contributed by atoms with E-state index in [9.17, 15) is 9.59 Å². The maximum Gasteiger partial charge on any atom is 0.348 e. The van der Waals surface area contributed by atoms with Crippen molar-refractivity contribution < 1.29 is 9.90 Å². The second kappa shape index (κ2) is 5.76. The second-order valence-electron chi connectivity index (χ2n) is 3.39. The molecule has 0 unspecified atom stereocenters. The Kier molecular flexibility index (Phi) is 4.62. The number of rotatable bonds is 3. The van der Waals surface area contributed by atoms with Crippen LogP contribution in [-0.2, 0) is 11.3 Å². The van der Waals surface area contributed by atoms with Gasteiger partial charge in [0.15, 0.2) is 0 Å². The van der Waals surface area contributed by atoms with Crippen molar-refractivity contribution >= 4 is 40.8 Å². The number of hydrogen-bond acceptors (Lipinski definition) is 3. The van der Waals surface area contributed by atoms with Gasteiger partial charge in [0.2, 0.25) is 0 Å². The first-order chi connectivity index (χ1) is 7.68. The van der Waals surface area contributed by atoms with Crippen LogP contribution in [0.25, 0.3) is 10.9 Å². The number of halogens is 1. The average molecular weight is 346 g/mol. The van der Waals surface area contributed by atoms with E-state index in [1.165, 1.54) is 10.8 Å². The van der Waals surface area contributed by atoms with Gasteiger partial charge in [-0.15, -0.1) is 24.0 Å². The number of carbonyl (C=O) groups is 1. The fraction of sp³-hybridized carbons (Fsp3) is 0.182. The van der Waals surface area contributed by atoms with Gasteiger partial charge in [-0.2, -0.15) is 0 Å². The highest BCUT2D eigenvalue weighted by atomic mass is 127. The van der Waals surface area contributed by atoms with E-state index >= 15 is 0 Å². The molecule has 1 aromatic carbocycles.